The molecular weight excluding hydrogens is 647 g/mol. The molecule has 5 heteroatoms. The molecule has 0 saturated heterocycles. The van der Waals surface area contributed by atoms with E-state index in [0.29, 0.717) is 5.95 Å². The van der Waals surface area contributed by atoms with Gasteiger partial charge in [0.2, 0.25) is 5.95 Å². The van der Waals surface area contributed by atoms with Crippen LogP contribution >= 0.6 is 0 Å². The van der Waals surface area contributed by atoms with E-state index in [1.54, 1.807) is 0 Å². The highest BCUT2D eigenvalue weighted by molar-refractivity contribution is 6.20. The van der Waals surface area contributed by atoms with E-state index in [9.17, 15) is 0 Å². The second-order valence-corrected chi connectivity index (χ2v) is 13.5. The van der Waals surface area contributed by atoms with Gasteiger partial charge >= 0.3 is 0 Å². The van der Waals surface area contributed by atoms with Gasteiger partial charge in [-0.2, -0.15) is 0 Å². The van der Waals surface area contributed by atoms with E-state index >= 15 is 0 Å². The Morgan fingerprint density at radius 3 is 1.51 bits per heavy atom. The van der Waals surface area contributed by atoms with Gasteiger partial charge in [0, 0.05) is 55.6 Å². The zero-order valence-electron chi connectivity index (χ0n) is 28.6. The fourth-order valence-electron chi connectivity index (χ4n) is 8.04. The Morgan fingerprint density at radius 2 is 0.849 bits per heavy atom. The standard InChI is InChI=1S/C48H31N5/c1-5-15-32(16-6-1)41-30-42(33-17-7-2-8-18-33)50-48(49-41)53-46-28-39-37-23-13-14-24-43(37)52(36-21-11-4-12-22-36)45(39)29-40(46)38-27-34-25-26-51(44(34)31-47(38)53)35-19-9-3-10-20-35/h1-31H. The minimum atomic E-state index is 0.633. The number of nitrogens with zero attached hydrogens (tertiary/aromatic N) is 5. The summed E-state index contributed by atoms with van der Waals surface area (Å²) in [5.74, 6) is 0.633. The lowest BCUT2D eigenvalue weighted by molar-refractivity contribution is 0.996. The minimum absolute atomic E-state index is 0.633. The average molecular weight is 678 g/mol. The fourth-order valence-corrected chi connectivity index (χ4v) is 8.04. The maximum absolute atomic E-state index is 5.36. The lowest BCUT2D eigenvalue weighted by Gasteiger charge is -2.12. The summed E-state index contributed by atoms with van der Waals surface area (Å²) in [5.41, 5.74) is 11.7. The zero-order valence-corrected chi connectivity index (χ0v) is 28.6. The van der Waals surface area contributed by atoms with Crippen molar-refractivity contribution in [1.29, 1.82) is 0 Å². The monoisotopic (exact) mass is 677 g/mol. The molecule has 0 atom stereocenters. The van der Waals surface area contributed by atoms with E-state index in [0.717, 1.165) is 66.7 Å². The van der Waals surface area contributed by atoms with E-state index in [-0.39, 0.29) is 0 Å². The second-order valence-electron chi connectivity index (χ2n) is 13.5. The Kier molecular flexibility index (Phi) is 6.48. The molecule has 0 aliphatic rings. The third-order valence-electron chi connectivity index (χ3n) is 10.5. The van der Waals surface area contributed by atoms with Crippen LogP contribution in [0.4, 0.5) is 0 Å². The highest BCUT2D eigenvalue weighted by Gasteiger charge is 2.22. The van der Waals surface area contributed by atoms with Crippen LogP contribution in [0.3, 0.4) is 0 Å². The molecule has 7 aromatic carbocycles. The molecule has 0 aliphatic carbocycles. The predicted octanol–water partition coefficient (Wildman–Crippen LogP) is 11.9. The Hall–Kier alpha value is -7.24. The first-order valence-electron chi connectivity index (χ1n) is 17.9. The van der Waals surface area contributed by atoms with E-state index in [1.165, 1.54) is 21.7 Å². The third kappa shape index (κ3) is 4.64. The van der Waals surface area contributed by atoms with Crippen LogP contribution in [0.2, 0.25) is 0 Å². The molecule has 0 bridgehead atoms. The Balaban J connectivity index is 1.29. The number of aromatic nitrogens is 5. The minimum Gasteiger partial charge on any atom is -0.316 e. The summed E-state index contributed by atoms with van der Waals surface area (Å²) >= 11 is 0. The van der Waals surface area contributed by atoms with Crippen molar-refractivity contribution in [2.75, 3.05) is 0 Å². The molecule has 0 fully saturated rings. The maximum Gasteiger partial charge on any atom is 0.235 e. The summed E-state index contributed by atoms with van der Waals surface area (Å²) < 4.78 is 6.93. The summed E-state index contributed by atoms with van der Waals surface area (Å²) in [6, 6.07) is 64.4. The van der Waals surface area contributed by atoms with E-state index in [2.05, 4.69) is 190 Å². The van der Waals surface area contributed by atoms with Crippen LogP contribution in [0.15, 0.2) is 188 Å². The summed E-state index contributed by atoms with van der Waals surface area (Å²) in [4.78, 5) is 10.7. The topological polar surface area (TPSA) is 40.6 Å². The lowest BCUT2D eigenvalue weighted by Crippen LogP contribution is -2.04. The Labute approximate surface area is 305 Å². The van der Waals surface area contributed by atoms with Gasteiger partial charge in [0.25, 0.3) is 0 Å². The number of hydrogen-bond donors (Lipinski definition) is 0. The van der Waals surface area contributed by atoms with Crippen LogP contribution in [0, 0.1) is 0 Å². The first-order valence-corrected chi connectivity index (χ1v) is 17.9. The van der Waals surface area contributed by atoms with Gasteiger partial charge in [0.1, 0.15) is 0 Å². The molecule has 0 N–H and O–H groups in total. The quantitative estimate of drug-likeness (QED) is 0.182. The van der Waals surface area contributed by atoms with Gasteiger partial charge in [-0.3, -0.25) is 4.57 Å². The van der Waals surface area contributed by atoms with Crippen LogP contribution in [0.25, 0.3) is 94.4 Å². The first kappa shape index (κ1) is 29.5. The highest BCUT2D eigenvalue weighted by Crippen LogP contribution is 2.41. The van der Waals surface area contributed by atoms with Crippen molar-refractivity contribution in [2.24, 2.45) is 0 Å². The van der Waals surface area contributed by atoms with Crippen molar-refractivity contribution in [1.82, 2.24) is 23.7 Å². The molecule has 53 heavy (non-hydrogen) atoms. The van der Waals surface area contributed by atoms with Gasteiger partial charge in [-0.1, -0.05) is 115 Å². The smallest absolute Gasteiger partial charge is 0.235 e. The van der Waals surface area contributed by atoms with Crippen molar-refractivity contribution in [3.05, 3.63) is 188 Å². The molecule has 11 aromatic rings. The second kappa shape index (κ2) is 11.7. The number of para-hydroxylation sites is 3. The highest BCUT2D eigenvalue weighted by atomic mass is 15.2. The lowest BCUT2D eigenvalue weighted by atomic mass is 10.1. The SMILES string of the molecule is c1ccc(-c2cc(-c3ccccc3)nc(-n3c4cc5c6ccccc6n(-c6ccccc6)c5cc4c4cc5ccn(-c6ccccc6)c5cc43)n2)cc1. The summed E-state index contributed by atoms with van der Waals surface area (Å²) in [7, 11) is 0. The Bertz CT molecular complexity index is 3080. The number of benzene rings is 7. The van der Waals surface area contributed by atoms with Crippen LogP contribution in [-0.4, -0.2) is 23.7 Å². The van der Waals surface area contributed by atoms with Crippen LogP contribution in [0.5, 0.6) is 0 Å². The molecule has 5 nitrogen and oxygen atoms in total. The molecular formula is C48H31N5. The van der Waals surface area contributed by atoms with Crippen LogP contribution in [0.1, 0.15) is 0 Å². The summed E-state index contributed by atoms with van der Waals surface area (Å²) in [6.07, 6.45) is 2.16. The van der Waals surface area contributed by atoms with Gasteiger partial charge in [-0.25, -0.2) is 9.97 Å². The number of rotatable bonds is 5. The molecule has 11 rings (SSSR count). The van der Waals surface area contributed by atoms with E-state index in [1.807, 2.05) is 12.1 Å². The largest absolute Gasteiger partial charge is 0.316 e. The van der Waals surface area contributed by atoms with Crippen molar-refractivity contribution in [3.8, 4) is 39.8 Å². The molecule has 4 heterocycles. The van der Waals surface area contributed by atoms with Gasteiger partial charge in [0.05, 0.1) is 39.0 Å². The molecule has 0 unspecified atom stereocenters. The zero-order chi connectivity index (χ0) is 34.9. The fraction of sp³-hybridized carbons (Fsp3) is 0. The van der Waals surface area contributed by atoms with Gasteiger partial charge in [-0.05, 0) is 66.7 Å². The van der Waals surface area contributed by atoms with Crippen molar-refractivity contribution in [3.63, 3.8) is 0 Å². The van der Waals surface area contributed by atoms with Gasteiger partial charge < -0.3 is 9.13 Å². The molecule has 4 aromatic heterocycles. The summed E-state index contributed by atoms with van der Waals surface area (Å²) in [6.45, 7) is 0. The third-order valence-corrected chi connectivity index (χ3v) is 10.5. The average Bonchev–Trinajstić information content (AvgIpc) is 3.89. The normalized spacial score (nSPS) is 11.8. The van der Waals surface area contributed by atoms with Crippen LogP contribution < -0.4 is 0 Å². The number of hydrogen-bond acceptors (Lipinski definition) is 2. The first-order chi connectivity index (χ1) is 26.3. The maximum atomic E-state index is 5.36. The van der Waals surface area contributed by atoms with E-state index in [4.69, 9.17) is 9.97 Å². The van der Waals surface area contributed by atoms with E-state index < -0.39 is 0 Å². The van der Waals surface area contributed by atoms with Crippen molar-refractivity contribution >= 4 is 54.5 Å². The van der Waals surface area contributed by atoms with Gasteiger partial charge in [0.15, 0.2) is 0 Å². The molecule has 0 saturated carbocycles. The van der Waals surface area contributed by atoms with Crippen molar-refractivity contribution in [2.45, 2.75) is 0 Å². The molecule has 0 amide bonds. The molecule has 0 aliphatic heterocycles. The molecule has 248 valence electrons. The number of fused-ring (bicyclic) bond motifs is 7. The molecule has 0 radical (unpaired) electrons. The van der Waals surface area contributed by atoms with Crippen molar-refractivity contribution < 1.29 is 0 Å². The van der Waals surface area contributed by atoms with Gasteiger partial charge in [-0.15, -0.1) is 0 Å². The van der Waals surface area contributed by atoms with Crippen LogP contribution in [-0.2, 0) is 0 Å². The molecule has 0 spiro atoms. The predicted molar refractivity (Wildman–Crippen MR) is 218 cm³/mol. The Morgan fingerprint density at radius 1 is 0.340 bits per heavy atom. The summed E-state index contributed by atoms with van der Waals surface area (Å²) in [5, 5.41) is 5.86.